The van der Waals surface area contributed by atoms with Crippen LogP contribution in [0.4, 0.5) is 0 Å². The predicted octanol–water partition coefficient (Wildman–Crippen LogP) is 13.9. The molecule has 0 aliphatic heterocycles. The van der Waals surface area contributed by atoms with Gasteiger partial charge in [-0.25, -0.2) is 15.0 Å². The lowest BCUT2D eigenvalue weighted by Crippen LogP contribution is -2.00. The van der Waals surface area contributed by atoms with Crippen molar-refractivity contribution in [3.8, 4) is 62.1 Å². The maximum atomic E-state index is 5.04. The summed E-state index contributed by atoms with van der Waals surface area (Å²) in [6.45, 7) is 6.46. The number of aromatic nitrogens is 4. The van der Waals surface area contributed by atoms with Gasteiger partial charge < -0.3 is 4.57 Å². The minimum Gasteiger partial charge on any atom is -0.309 e. The van der Waals surface area contributed by atoms with E-state index in [2.05, 4.69) is 147 Å². The van der Waals surface area contributed by atoms with Crippen molar-refractivity contribution in [2.24, 2.45) is 0 Å². The molecular formula is C54H42N4. The van der Waals surface area contributed by atoms with Crippen molar-refractivity contribution >= 4 is 21.8 Å². The average molecular weight is 747 g/mol. The van der Waals surface area contributed by atoms with Gasteiger partial charge in [-0.3, -0.25) is 0 Å². The molecule has 58 heavy (non-hydrogen) atoms. The topological polar surface area (TPSA) is 43.6 Å². The Bertz CT molecular complexity index is 2950. The number of hydrogen-bond donors (Lipinski definition) is 0. The Balaban J connectivity index is 0.000000565. The Morgan fingerprint density at radius 2 is 0.759 bits per heavy atom. The molecule has 0 amide bonds. The Labute approximate surface area is 339 Å². The van der Waals surface area contributed by atoms with Crippen molar-refractivity contribution < 1.29 is 0 Å². The minimum atomic E-state index is 0.641. The van der Waals surface area contributed by atoms with Gasteiger partial charge in [0.15, 0.2) is 17.5 Å². The van der Waals surface area contributed by atoms with Gasteiger partial charge in [-0.15, -0.1) is 0 Å². The molecule has 0 aliphatic carbocycles. The van der Waals surface area contributed by atoms with Gasteiger partial charge >= 0.3 is 0 Å². The molecule has 8 aromatic carbocycles. The van der Waals surface area contributed by atoms with Crippen LogP contribution in [0.3, 0.4) is 0 Å². The van der Waals surface area contributed by atoms with Gasteiger partial charge in [0.1, 0.15) is 0 Å². The second kappa shape index (κ2) is 16.0. The van der Waals surface area contributed by atoms with E-state index in [0.29, 0.717) is 17.5 Å². The Morgan fingerprint density at radius 3 is 1.31 bits per heavy atom. The first kappa shape index (κ1) is 36.2. The highest BCUT2D eigenvalue weighted by Crippen LogP contribution is 2.38. The van der Waals surface area contributed by atoms with Crippen molar-refractivity contribution in [1.29, 1.82) is 0 Å². The molecule has 0 radical (unpaired) electrons. The zero-order valence-electron chi connectivity index (χ0n) is 32.8. The van der Waals surface area contributed by atoms with E-state index in [1.54, 1.807) is 0 Å². The van der Waals surface area contributed by atoms with Gasteiger partial charge in [0, 0.05) is 33.2 Å². The zero-order valence-corrected chi connectivity index (χ0v) is 32.8. The van der Waals surface area contributed by atoms with E-state index in [1.807, 2.05) is 78.9 Å². The van der Waals surface area contributed by atoms with Crippen molar-refractivity contribution in [3.05, 3.63) is 217 Å². The molecule has 0 N–H and O–H groups in total. The highest BCUT2D eigenvalue weighted by Gasteiger charge is 2.18. The summed E-state index contributed by atoms with van der Waals surface area (Å²) in [5.74, 6) is 1.94. The fourth-order valence-corrected chi connectivity index (χ4v) is 7.64. The lowest BCUT2D eigenvalue weighted by molar-refractivity contribution is 1.07. The summed E-state index contributed by atoms with van der Waals surface area (Å²) in [6.07, 6.45) is 0. The number of aryl methyl sites for hydroxylation is 3. The molecule has 0 aliphatic rings. The first-order valence-electron chi connectivity index (χ1n) is 19.7. The normalized spacial score (nSPS) is 11.0. The van der Waals surface area contributed by atoms with Crippen LogP contribution in [0, 0.1) is 20.8 Å². The number of para-hydroxylation sites is 1. The zero-order chi connectivity index (χ0) is 39.4. The van der Waals surface area contributed by atoms with Crippen molar-refractivity contribution in [2.75, 3.05) is 0 Å². The van der Waals surface area contributed by atoms with Crippen LogP contribution < -0.4 is 0 Å². The summed E-state index contributed by atoms with van der Waals surface area (Å²) in [5, 5.41) is 2.31. The number of benzene rings is 8. The molecule has 0 fully saturated rings. The summed E-state index contributed by atoms with van der Waals surface area (Å²) < 4.78 is 2.35. The van der Waals surface area contributed by atoms with Gasteiger partial charge in [0.25, 0.3) is 0 Å². The van der Waals surface area contributed by atoms with E-state index in [0.717, 1.165) is 38.8 Å². The lowest BCUT2D eigenvalue weighted by atomic mass is 9.92. The quantitative estimate of drug-likeness (QED) is 0.170. The number of fused-ring (bicyclic) bond motifs is 3. The third-order valence-corrected chi connectivity index (χ3v) is 10.7. The molecule has 10 rings (SSSR count). The van der Waals surface area contributed by atoms with Crippen LogP contribution in [0.15, 0.2) is 200 Å². The summed E-state index contributed by atoms with van der Waals surface area (Å²) in [7, 11) is 0. The molecule has 0 atom stereocenters. The highest BCUT2D eigenvalue weighted by atomic mass is 15.0. The van der Waals surface area contributed by atoms with Gasteiger partial charge in [-0.1, -0.05) is 157 Å². The number of hydrogen-bond acceptors (Lipinski definition) is 3. The average Bonchev–Trinajstić information content (AvgIpc) is 3.61. The molecule has 0 saturated heterocycles. The van der Waals surface area contributed by atoms with Gasteiger partial charge in [-0.05, 0) is 103 Å². The first-order chi connectivity index (χ1) is 28.5. The smallest absolute Gasteiger partial charge is 0.164 e. The second-order valence-corrected chi connectivity index (χ2v) is 14.7. The first-order valence-corrected chi connectivity index (χ1v) is 19.7. The second-order valence-electron chi connectivity index (χ2n) is 14.7. The van der Waals surface area contributed by atoms with E-state index in [-0.39, 0.29) is 0 Å². The molecule has 278 valence electrons. The molecule has 0 spiro atoms. The maximum absolute atomic E-state index is 5.04. The van der Waals surface area contributed by atoms with Crippen LogP contribution in [0.25, 0.3) is 83.9 Å². The Hall–Kier alpha value is -7.43. The number of rotatable bonds is 6. The molecular weight excluding hydrogens is 705 g/mol. The van der Waals surface area contributed by atoms with Crippen LogP contribution in [-0.2, 0) is 0 Å². The Kier molecular flexibility index (Phi) is 9.97. The molecule has 4 nitrogen and oxygen atoms in total. The van der Waals surface area contributed by atoms with Crippen LogP contribution >= 0.6 is 0 Å². The van der Waals surface area contributed by atoms with E-state index in [1.165, 1.54) is 44.3 Å². The summed E-state index contributed by atoms with van der Waals surface area (Å²) in [6, 6.07) is 69.9. The predicted molar refractivity (Wildman–Crippen MR) is 242 cm³/mol. The Morgan fingerprint density at radius 1 is 0.328 bits per heavy atom. The van der Waals surface area contributed by atoms with Crippen LogP contribution in [0.1, 0.15) is 16.7 Å². The van der Waals surface area contributed by atoms with Crippen LogP contribution in [0.5, 0.6) is 0 Å². The summed E-state index contributed by atoms with van der Waals surface area (Å²) in [5.41, 5.74) is 15.0. The molecule has 4 heteroatoms. The minimum absolute atomic E-state index is 0.641. The monoisotopic (exact) mass is 746 g/mol. The fourth-order valence-electron chi connectivity index (χ4n) is 7.64. The molecule has 2 aromatic heterocycles. The lowest BCUT2D eigenvalue weighted by Gasteiger charge is -2.12. The van der Waals surface area contributed by atoms with Crippen LogP contribution in [0.2, 0.25) is 0 Å². The molecule has 0 saturated carbocycles. The molecule has 2 heterocycles. The van der Waals surface area contributed by atoms with E-state index in [4.69, 9.17) is 15.0 Å². The maximum Gasteiger partial charge on any atom is 0.164 e. The standard InChI is InChI=1S/C47H34N4.C7H8/c1-31-14-12-13-21-39(31)40-28-35(23-22-32(40)2)36-24-26-43-41(29-36)42-30-37(25-27-44(42)51(43)38-19-10-5-11-20-38)47-49-45(33-15-6-3-7-16-33)48-46(50-47)34-17-8-4-9-18-34;1-7-5-3-2-4-6-7/h3-30H,1-2H3;2-6H,1H3. The third kappa shape index (κ3) is 7.32. The van der Waals surface area contributed by atoms with Crippen molar-refractivity contribution in [2.45, 2.75) is 20.8 Å². The van der Waals surface area contributed by atoms with Gasteiger partial charge in [0.05, 0.1) is 11.0 Å². The van der Waals surface area contributed by atoms with Gasteiger partial charge in [-0.2, -0.15) is 0 Å². The van der Waals surface area contributed by atoms with Crippen molar-refractivity contribution in [1.82, 2.24) is 19.5 Å². The third-order valence-electron chi connectivity index (χ3n) is 10.7. The molecule has 0 bridgehead atoms. The van der Waals surface area contributed by atoms with E-state index >= 15 is 0 Å². The van der Waals surface area contributed by atoms with E-state index in [9.17, 15) is 0 Å². The van der Waals surface area contributed by atoms with E-state index < -0.39 is 0 Å². The number of nitrogens with zero attached hydrogens (tertiary/aromatic N) is 4. The van der Waals surface area contributed by atoms with Gasteiger partial charge in [0.2, 0.25) is 0 Å². The highest BCUT2D eigenvalue weighted by molar-refractivity contribution is 6.11. The largest absolute Gasteiger partial charge is 0.309 e. The van der Waals surface area contributed by atoms with Crippen LogP contribution in [-0.4, -0.2) is 19.5 Å². The summed E-state index contributed by atoms with van der Waals surface area (Å²) >= 11 is 0. The van der Waals surface area contributed by atoms with Crippen molar-refractivity contribution in [3.63, 3.8) is 0 Å². The molecule has 0 unspecified atom stereocenters. The SMILES string of the molecule is Cc1ccccc1.Cc1ccccc1-c1cc(-c2ccc3c(c2)c2cc(-c4nc(-c5ccccc5)nc(-c5ccccc5)n4)ccc2n3-c2ccccc2)ccc1C. The fraction of sp³-hybridized carbons (Fsp3) is 0.0556. The molecule has 10 aromatic rings. The summed E-state index contributed by atoms with van der Waals surface area (Å²) in [4.78, 5) is 15.0.